The van der Waals surface area contributed by atoms with Crippen molar-refractivity contribution < 1.29 is 14.6 Å². The Morgan fingerprint density at radius 2 is 2.33 bits per heavy atom. The molecule has 1 aromatic rings. The summed E-state index contributed by atoms with van der Waals surface area (Å²) in [6.45, 7) is 3.49. The lowest BCUT2D eigenvalue weighted by atomic mass is 10.1. The lowest BCUT2D eigenvalue weighted by molar-refractivity contribution is 0.0695. The molecule has 0 radical (unpaired) electrons. The van der Waals surface area contributed by atoms with Gasteiger partial charge in [-0.15, -0.1) is 11.3 Å². The van der Waals surface area contributed by atoms with Crippen LogP contribution in [0.2, 0.25) is 0 Å². The van der Waals surface area contributed by atoms with Crippen LogP contribution in [0.25, 0.3) is 0 Å². The Kier molecular flexibility index (Phi) is 3.71. The number of amides is 1. The van der Waals surface area contributed by atoms with Gasteiger partial charge in [0.25, 0.3) is 5.91 Å². The van der Waals surface area contributed by atoms with Crippen LogP contribution in [-0.2, 0) is 0 Å². The maximum atomic E-state index is 11.6. The summed E-state index contributed by atoms with van der Waals surface area (Å²) in [5.41, 5.74) is -0.903. The van der Waals surface area contributed by atoms with Crippen molar-refractivity contribution in [1.29, 1.82) is 0 Å². The van der Waals surface area contributed by atoms with E-state index in [4.69, 9.17) is 4.74 Å². The van der Waals surface area contributed by atoms with E-state index in [9.17, 15) is 9.90 Å². The average Bonchev–Trinajstić information content (AvgIpc) is 2.60. The number of carbonyl (C=O) groups excluding carboxylic acids is 1. The smallest absolute Gasteiger partial charge is 0.265 e. The lowest BCUT2D eigenvalue weighted by Gasteiger charge is -2.17. The first-order chi connectivity index (χ1) is 6.94. The summed E-state index contributed by atoms with van der Waals surface area (Å²) < 4.78 is 5.03. The molecule has 0 aliphatic carbocycles. The maximum Gasteiger partial charge on any atom is 0.265 e. The predicted molar refractivity (Wildman–Crippen MR) is 59.5 cm³/mol. The summed E-state index contributed by atoms with van der Waals surface area (Å²) in [4.78, 5) is 12.2. The van der Waals surface area contributed by atoms with E-state index in [-0.39, 0.29) is 12.5 Å². The molecule has 1 aromatic heterocycles. The topological polar surface area (TPSA) is 58.6 Å². The van der Waals surface area contributed by atoms with Gasteiger partial charge in [0.2, 0.25) is 0 Å². The normalized spacial score (nSPS) is 11.2. The van der Waals surface area contributed by atoms with Crippen LogP contribution in [0.15, 0.2) is 11.4 Å². The number of nitrogens with one attached hydrogen (secondary N) is 1. The van der Waals surface area contributed by atoms with Crippen molar-refractivity contribution in [1.82, 2.24) is 5.32 Å². The summed E-state index contributed by atoms with van der Waals surface area (Å²) in [5, 5.41) is 13.9. The molecule has 0 aliphatic heterocycles. The Morgan fingerprint density at radius 3 is 2.87 bits per heavy atom. The molecule has 0 fully saturated rings. The number of rotatable bonds is 4. The molecule has 0 saturated carbocycles. The largest absolute Gasteiger partial charge is 0.495 e. The second kappa shape index (κ2) is 4.63. The highest BCUT2D eigenvalue weighted by Gasteiger charge is 2.17. The number of methoxy groups -OCH3 is 1. The Balaban J connectivity index is 2.62. The van der Waals surface area contributed by atoms with Crippen molar-refractivity contribution in [2.45, 2.75) is 19.4 Å². The summed E-state index contributed by atoms with van der Waals surface area (Å²) in [7, 11) is 1.52. The van der Waals surface area contributed by atoms with Crippen LogP contribution in [0.5, 0.6) is 5.75 Å². The van der Waals surface area contributed by atoms with Crippen LogP contribution in [0.3, 0.4) is 0 Å². The van der Waals surface area contributed by atoms with Crippen molar-refractivity contribution in [2.75, 3.05) is 13.7 Å². The molecule has 1 amide bonds. The fraction of sp³-hybridized carbons (Fsp3) is 0.500. The quantitative estimate of drug-likeness (QED) is 0.817. The number of aliphatic hydroxyl groups is 1. The molecule has 1 heterocycles. The first-order valence-electron chi connectivity index (χ1n) is 4.56. The van der Waals surface area contributed by atoms with Gasteiger partial charge in [0.15, 0.2) is 0 Å². The van der Waals surface area contributed by atoms with Crippen LogP contribution in [0.1, 0.15) is 23.5 Å². The van der Waals surface area contributed by atoms with Crippen LogP contribution in [-0.4, -0.2) is 30.3 Å². The zero-order chi connectivity index (χ0) is 11.5. The fourth-order valence-corrected chi connectivity index (χ4v) is 1.78. The van der Waals surface area contributed by atoms with Crippen molar-refractivity contribution in [3.05, 3.63) is 16.3 Å². The van der Waals surface area contributed by atoms with Gasteiger partial charge >= 0.3 is 0 Å². The predicted octanol–water partition coefficient (Wildman–Crippen LogP) is 1.26. The molecule has 5 heteroatoms. The molecule has 84 valence electrons. The summed E-state index contributed by atoms with van der Waals surface area (Å²) in [6, 6.07) is 1.74. The zero-order valence-corrected chi connectivity index (χ0v) is 9.85. The van der Waals surface area contributed by atoms with E-state index >= 15 is 0 Å². The van der Waals surface area contributed by atoms with Crippen molar-refractivity contribution in [3.63, 3.8) is 0 Å². The SMILES string of the molecule is COc1ccsc1C(=O)NCC(C)(C)O. The maximum absolute atomic E-state index is 11.6. The second-order valence-corrected chi connectivity index (χ2v) is 4.73. The van der Waals surface area contributed by atoms with Crippen molar-refractivity contribution >= 4 is 17.2 Å². The third-order valence-electron chi connectivity index (χ3n) is 1.74. The zero-order valence-electron chi connectivity index (χ0n) is 9.03. The monoisotopic (exact) mass is 229 g/mol. The van der Waals surface area contributed by atoms with Crippen LogP contribution >= 0.6 is 11.3 Å². The summed E-state index contributed by atoms with van der Waals surface area (Å²) in [6.07, 6.45) is 0. The Hall–Kier alpha value is -1.07. The number of ether oxygens (including phenoxy) is 1. The molecule has 4 nitrogen and oxygen atoms in total. The van der Waals surface area contributed by atoms with Gasteiger partial charge in [-0.3, -0.25) is 4.79 Å². The Labute approximate surface area is 92.9 Å². The molecule has 0 spiro atoms. The number of hydrogen-bond donors (Lipinski definition) is 2. The summed E-state index contributed by atoms with van der Waals surface area (Å²) >= 11 is 1.31. The molecular weight excluding hydrogens is 214 g/mol. The van der Waals surface area contributed by atoms with E-state index in [1.807, 2.05) is 0 Å². The molecule has 0 unspecified atom stereocenters. The molecular formula is C10H15NO3S. The second-order valence-electron chi connectivity index (χ2n) is 3.81. The van der Waals surface area contributed by atoms with Gasteiger partial charge in [-0.1, -0.05) is 0 Å². The third-order valence-corrected chi connectivity index (χ3v) is 2.63. The Bertz CT molecular complexity index is 341. The van der Waals surface area contributed by atoms with E-state index < -0.39 is 5.60 Å². The van der Waals surface area contributed by atoms with Gasteiger partial charge in [-0.25, -0.2) is 0 Å². The van der Waals surface area contributed by atoms with Crippen LogP contribution < -0.4 is 10.1 Å². The average molecular weight is 229 g/mol. The standard InChI is InChI=1S/C10H15NO3S/c1-10(2,13)6-11-9(12)8-7(14-3)4-5-15-8/h4-5,13H,6H2,1-3H3,(H,11,12). The highest BCUT2D eigenvalue weighted by atomic mass is 32.1. The lowest BCUT2D eigenvalue weighted by Crippen LogP contribution is -2.37. The molecule has 0 atom stereocenters. The minimum Gasteiger partial charge on any atom is -0.495 e. The van der Waals surface area contributed by atoms with E-state index in [0.717, 1.165) is 0 Å². The van der Waals surface area contributed by atoms with Gasteiger partial charge < -0.3 is 15.2 Å². The molecule has 1 rings (SSSR count). The highest BCUT2D eigenvalue weighted by molar-refractivity contribution is 7.12. The molecule has 2 N–H and O–H groups in total. The molecule has 0 aliphatic rings. The minimum atomic E-state index is -0.903. The van der Waals surface area contributed by atoms with E-state index in [2.05, 4.69) is 5.32 Å². The first-order valence-corrected chi connectivity index (χ1v) is 5.44. The molecule has 0 bridgehead atoms. The van der Waals surface area contributed by atoms with Gasteiger partial charge in [0, 0.05) is 6.54 Å². The van der Waals surface area contributed by atoms with E-state index in [0.29, 0.717) is 10.6 Å². The first kappa shape index (κ1) is 12.0. The molecule has 0 aromatic carbocycles. The van der Waals surface area contributed by atoms with Crippen molar-refractivity contribution in [2.24, 2.45) is 0 Å². The molecule has 15 heavy (non-hydrogen) atoms. The van der Waals surface area contributed by atoms with Gasteiger partial charge in [-0.2, -0.15) is 0 Å². The van der Waals surface area contributed by atoms with E-state index in [1.54, 1.807) is 25.3 Å². The number of carbonyl (C=O) groups is 1. The van der Waals surface area contributed by atoms with Crippen molar-refractivity contribution in [3.8, 4) is 5.75 Å². The number of hydrogen-bond acceptors (Lipinski definition) is 4. The van der Waals surface area contributed by atoms with Crippen LogP contribution in [0.4, 0.5) is 0 Å². The Morgan fingerprint density at radius 1 is 1.67 bits per heavy atom. The fourth-order valence-electron chi connectivity index (χ4n) is 1.00. The van der Waals surface area contributed by atoms with Gasteiger partial charge in [0.1, 0.15) is 10.6 Å². The molecule has 0 saturated heterocycles. The highest BCUT2D eigenvalue weighted by Crippen LogP contribution is 2.23. The summed E-state index contributed by atoms with van der Waals surface area (Å²) in [5.74, 6) is 0.345. The minimum absolute atomic E-state index is 0.215. The number of thiophene rings is 1. The van der Waals surface area contributed by atoms with Crippen LogP contribution in [0, 0.1) is 0 Å². The van der Waals surface area contributed by atoms with Gasteiger partial charge in [0.05, 0.1) is 12.7 Å². The third kappa shape index (κ3) is 3.53. The van der Waals surface area contributed by atoms with E-state index in [1.165, 1.54) is 18.4 Å². The van der Waals surface area contributed by atoms with Gasteiger partial charge in [-0.05, 0) is 25.3 Å².